The van der Waals surface area contributed by atoms with E-state index >= 15 is 0 Å². The Hall–Kier alpha value is -0.580. The van der Waals surface area contributed by atoms with Crippen molar-refractivity contribution in [3.63, 3.8) is 0 Å². The zero-order valence-electron chi connectivity index (χ0n) is 9.87. The van der Waals surface area contributed by atoms with Gasteiger partial charge in [-0.3, -0.25) is 9.69 Å². The lowest BCUT2D eigenvalue weighted by molar-refractivity contribution is -0.144. The van der Waals surface area contributed by atoms with Crippen molar-refractivity contribution in [2.24, 2.45) is 0 Å². The molecule has 0 aromatic heterocycles. The van der Waals surface area contributed by atoms with Gasteiger partial charge < -0.3 is 4.74 Å². The number of carbonyl (C=O) groups is 1. The highest BCUT2D eigenvalue weighted by Gasteiger charge is 2.09. The number of ether oxygens (including phenoxy) is 1. The van der Waals surface area contributed by atoms with Crippen molar-refractivity contribution < 1.29 is 9.53 Å². The van der Waals surface area contributed by atoms with E-state index in [0.717, 1.165) is 10.0 Å². The van der Waals surface area contributed by atoms with Gasteiger partial charge >= 0.3 is 5.97 Å². The second-order valence-electron chi connectivity index (χ2n) is 3.71. The van der Waals surface area contributed by atoms with Crippen molar-refractivity contribution in [1.82, 2.24) is 4.90 Å². The number of halogens is 2. The molecule has 94 valence electrons. The van der Waals surface area contributed by atoms with Crippen molar-refractivity contribution in [2.75, 3.05) is 20.2 Å². The third kappa shape index (κ3) is 5.06. The summed E-state index contributed by atoms with van der Waals surface area (Å²) in [4.78, 5) is 13.1. The molecule has 0 unspecified atom stereocenters. The molecule has 0 aliphatic carbocycles. The first-order valence-electron chi connectivity index (χ1n) is 5.31. The van der Waals surface area contributed by atoms with Gasteiger partial charge in [0.2, 0.25) is 0 Å². The Morgan fingerprint density at radius 1 is 1.53 bits per heavy atom. The van der Waals surface area contributed by atoms with Crippen LogP contribution in [0.15, 0.2) is 22.7 Å². The Kier molecular flexibility index (Phi) is 5.95. The summed E-state index contributed by atoms with van der Waals surface area (Å²) in [5.74, 6) is -0.219. The van der Waals surface area contributed by atoms with Gasteiger partial charge in [0, 0.05) is 16.0 Å². The first kappa shape index (κ1) is 14.5. The standard InChI is InChI=1S/C12H15BrClNO2/c1-3-17-12(16)8-15(2)7-9-4-5-10(13)6-11(9)14/h4-6H,3,7-8H2,1-2H3. The minimum absolute atomic E-state index is 0.219. The zero-order valence-corrected chi connectivity index (χ0v) is 12.2. The molecule has 0 spiro atoms. The van der Waals surface area contributed by atoms with Gasteiger partial charge in [-0.15, -0.1) is 0 Å². The first-order valence-corrected chi connectivity index (χ1v) is 6.48. The Morgan fingerprint density at radius 2 is 2.24 bits per heavy atom. The van der Waals surface area contributed by atoms with E-state index in [0.29, 0.717) is 18.2 Å². The highest BCUT2D eigenvalue weighted by atomic mass is 79.9. The van der Waals surface area contributed by atoms with Crippen molar-refractivity contribution in [3.05, 3.63) is 33.3 Å². The summed E-state index contributed by atoms with van der Waals surface area (Å²) in [6, 6.07) is 5.71. The van der Waals surface area contributed by atoms with Gasteiger partial charge in [0.15, 0.2) is 0 Å². The molecule has 1 aromatic carbocycles. The summed E-state index contributed by atoms with van der Waals surface area (Å²) in [5.41, 5.74) is 0.988. The predicted octanol–water partition coefficient (Wildman–Crippen LogP) is 3.10. The molecule has 0 saturated heterocycles. The number of benzene rings is 1. The number of nitrogens with zero attached hydrogens (tertiary/aromatic N) is 1. The normalized spacial score (nSPS) is 10.6. The molecule has 1 aromatic rings. The van der Waals surface area contributed by atoms with Gasteiger partial charge in [-0.25, -0.2) is 0 Å². The van der Waals surface area contributed by atoms with Gasteiger partial charge in [-0.05, 0) is 31.7 Å². The average molecular weight is 321 g/mol. The lowest BCUT2D eigenvalue weighted by atomic mass is 10.2. The van der Waals surface area contributed by atoms with E-state index in [-0.39, 0.29) is 12.5 Å². The molecular weight excluding hydrogens is 305 g/mol. The topological polar surface area (TPSA) is 29.5 Å². The molecule has 5 heteroatoms. The summed E-state index contributed by atoms with van der Waals surface area (Å²) >= 11 is 9.45. The number of rotatable bonds is 5. The van der Waals surface area contributed by atoms with E-state index < -0.39 is 0 Å². The van der Waals surface area contributed by atoms with E-state index in [4.69, 9.17) is 16.3 Å². The number of likely N-dealkylation sites (N-methyl/N-ethyl adjacent to an activating group) is 1. The second-order valence-corrected chi connectivity index (χ2v) is 5.04. The fourth-order valence-corrected chi connectivity index (χ4v) is 2.16. The summed E-state index contributed by atoms with van der Waals surface area (Å²) in [6.45, 7) is 3.08. The van der Waals surface area contributed by atoms with Gasteiger partial charge in [-0.2, -0.15) is 0 Å². The molecule has 0 saturated carbocycles. The molecule has 0 bridgehead atoms. The molecule has 17 heavy (non-hydrogen) atoms. The summed E-state index contributed by atoms with van der Waals surface area (Å²) < 4.78 is 5.82. The van der Waals surface area contributed by atoms with Crippen LogP contribution in [-0.2, 0) is 16.1 Å². The van der Waals surface area contributed by atoms with Crippen LogP contribution < -0.4 is 0 Å². The summed E-state index contributed by atoms with van der Waals surface area (Å²) in [6.07, 6.45) is 0. The van der Waals surface area contributed by atoms with Gasteiger partial charge in [0.25, 0.3) is 0 Å². The molecule has 1 rings (SSSR count). The smallest absolute Gasteiger partial charge is 0.320 e. The first-order chi connectivity index (χ1) is 8.02. The van der Waals surface area contributed by atoms with Crippen LogP contribution in [0.25, 0.3) is 0 Å². The molecule has 0 atom stereocenters. The predicted molar refractivity (Wildman–Crippen MR) is 72.1 cm³/mol. The molecule has 0 heterocycles. The van der Waals surface area contributed by atoms with Crippen LogP contribution in [0, 0.1) is 0 Å². The maximum atomic E-state index is 11.3. The SMILES string of the molecule is CCOC(=O)CN(C)Cc1ccc(Br)cc1Cl. The van der Waals surface area contributed by atoms with Crippen LogP contribution in [0.1, 0.15) is 12.5 Å². The zero-order chi connectivity index (χ0) is 12.8. The minimum atomic E-state index is -0.219. The van der Waals surface area contributed by atoms with E-state index in [1.807, 2.05) is 30.1 Å². The number of esters is 1. The van der Waals surface area contributed by atoms with Crippen LogP contribution >= 0.6 is 27.5 Å². The number of hydrogen-bond acceptors (Lipinski definition) is 3. The highest BCUT2D eigenvalue weighted by Crippen LogP contribution is 2.22. The van der Waals surface area contributed by atoms with E-state index in [9.17, 15) is 4.79 Å². The second kappa shape index (κ2) is 6.99. The van der Waals surface area contributed by atoms with E-state index in [1.54, 1.807) is 6.92 Å². The monoisotopic (exact) mass is 319 g/mol. The van der Waals surface area contributed by atoms with Gasteiger partial charge in [0.1, 0.15) is 0 Å². The van der Waals surface area contributed by atoms with Crippen LogP contribution in [-0.4, -0.2) is 31.1 Å². The van der Waals surface area contributed by atoms with Crippen LogP contribution in [0.2, 0.25) is 5.02 Å². The highest BCUT2D eigenvalue weighted by molar-refractivity contribution is 9.10. The molecule has 0 N–H and O–H groups in total. The maximum absolute atomic E-state index is 11.3. The van der Waals surface area contributed by atoms with Crippen molar-refractivity contribution in [3.8, 4) is 0 Å². The molecule has 0 fully saturated rings. The fourth-order valence-electron chi connectivity index (χ4n) is 1.42. The third-order valence-electron chi connectivity index (χ3n) is 2.16. The number of carbonyl (C=O) groups excluding carboxylic acids is 1. The molecule has 0 aliphatic heterocycles. The Labute approximate surface area is 115 Å². The Morgan fingerprint density at radius 3 is 2.82 bits per heavy atom. The van der Waals surface area contributed by atoms with Crippen molar-refractivity contribution in [1.29, 1.82) is 0 Å². The van der Waals surface area contributed by atoms with Crippen molar-refractivity contribution in [2.45, 2.75) is 13.5 Å². The van der Waals surface area contributed by atoms with E-state index in [1.165, 1.54) is 0 Å². The third-order valence-corrected chi connectivity index (χ3v) is 3.00. The largest absolute Gasteiger partial charge is 0.465 e. The molecule has 3 nitrogen and oxygen atoms in total. The molecule has 0 amide bonds. The minimum Gasteiger partial charge on any atom is -0.465 e. The Bertz CT molecular complexity index is 398. The molecular formula is C12H15BrClNO2. The van der Waals surface area contributed by atoms with Crippen LogP contribution in [0.5, 0.6) is 0 Å². The average Bonchev–Trinajstić information content (AvgIpc) is 2.22. The fraction of sp³-hybridized carbons (Fsp3) is 0.417. The van der Waals surface area contributed by atoms with Crippen molar-refractivity contribution >= 4 is 33.5 Å². The number of hydrogen-bond donors (Lipinski definition) is 0. The lowest BCUT2D eigenvalue weighted by Gasteiger charge is -2.16. The van der Waals surface area contributed by atoms with E-state index in [2.05, 4.69) is 15.9 Å². The van der Waals surface area contributed by atoms with Gasteiger partial charge in [0.05, 0.1) is 13.2 Å². The van der Waals surface area contributed by atoms with Crippen LogP contribution in [0.4, 0.5) is 0 Å². The lowest BCUT2D eigenvalue weighted by Crippen LogP contribution is -2.27. The van der Waals surface area contributed by atoms with Crippen LogP contribution in [0.3, 0.4) is 0 Å². The molecule has 0 aliphatic rings. The summed E-state index contributed by atoms with van der Waals surface area (Å²) in [7, 11) is 1.86. The Balaban J connectivity index is 2.55. The summed E-state index contributed by atoms with van der Waals surface area (Å²) in [5, 5.41) is 0.690. The quantitative estimate of drug-likeness (QED) is 0.781. The van der Waals surface area contributed by atoms with Gasteiger partial charge in [-0.1, -0.05) is 33.6 Å². The molecule has 0 radical (unpaired) electrons. The maximum Gasteiger partial charge on any atom is 0.320 e.